The molecule has 0 aliphatic carbocycles. The Balaban J connectivity index is 3.13. The summed E-state index contributed by atoms with van der Waals surface area (Å²) >= 11 is 0. The fraction of sp³-hybridized carbons (Fsp3) is 0.300. The molecule has 0 unspecified atom stereocenters. The number of hydrazone groups is 1. The average Bonchev–Trinajstić information content (AvgIpc) is 2.23. The highest BCUT2D eigenvalue weighted by Crippen LogP contribution is 2.16. The topological polar surface area (TPSA) is 93.7 Å². The first-order valence-electron chi connectivity index (χ1n) is 4.88. The molecule has 0 amide bonds. The van der Waals surface area contributed by atoms with Crippen molar-refractivity contribution in [3.63, 3.8) is 0 Å². The van der Waals surface area contributed by atoms with Crippen molar-refractivity contribution in [1.82, 2.24) is 5.12 Å². The molecule has 6 N–H and O–H groups in total. The van der Waals surface area contributed by atoms with Gasteiger partial charge in [-0.25, -0.2) is 15.4 Å². The van der Waals surface area contributed by atoms with Gasteiger partial charge >= 0.3 is 0 Å². The summed E-state index contributed by atoms with van der Waals surface area (Å²) in [6.45, 7) is 4.00. The summed E-state index contributed by atoms with van der Waals surface area (Å²) < 4.78 is 13.6. The zero-order valence-electron chi connectivity index (χ0n) is 9.37. The molecule has 0 heterocycles. The van der Waals surface area contributed by atoms with E-state index in [1.165, 1.54) is 12.1 Å². The number of nitrogens with two attached hydrogens (primary N) is 3. The zero-order valence-corrected chi connectivity index (χ0v) is 9.37. The van der Waals surface area contributed by atoms with Crippen LogP contribution in [0.1, 0.15) is 18.1 Å². The molecular weight excluding hydrogens is 209 g/mol. The van der Waals surface area contributed by atoms with E-state index in [-0.39, 0.29) is 11.4 Å². The maximum absolute atomic E-state index is 13.6. The smallest absolute Gasteiger partial charge is 0.155 e. The third kappa shape index (κ3) is 2.60. The maximum atomic E-state index is 13.6. The highest BCUT2D eigenvalue weighted by atomic mass is 19.1. The molecule has 1 aromatic rings. The minimum Gasteiger partial charge on any atom is -0.398 e. The van der Waals surface area contributed by atoms with Crippen molar-refractivity contribution < 1.29 is 4.39 Å². The molecule has 0 saturated carbocycles. The van der Waals surface area contributed by atoms with Gasteiger partial charge in [0.15, 0.2) is 5.84 Å². The Morgan fingerprint density at radius 1 is 1.50 bits per heavy atom. The molecule has 1 rings (SSSR count). The van der Waals surface area contributed by atoms with E-state index < -0.39 is 5.82 Å². The van der Waals surface area contributed by atoms with Gasteiger partial charge in [0.05, 0.1) is 12.1 Å². The molecule has 0 aromatic heterocycles. The molecule has 16 heavy (non-hydrogen) atoms. The highest BCUT2D eigenvalue weighted by molar-refractivity contribution is 5.98. The normalized spacial score (nSPS) is 11.6. The number of nitrogen functional groups attached to an aromatic ring is 1. The number of benzene rings is 1. The lowest BCUT2D eigenvalue weighted by Gasteiger charge is -2.11. The van der Waals surface area contributed by atoms with Crippen LogP contribution in [0.25, 0.3) is 0 Å². The third-order valence-corrected chi connectivity index (χ3v) is 2.19. The van der Waals surface area contributed by atoms with Gasteiger partial charge in [-0.05, 0) is 31.5 Å². The Hall–Kier alpha value is -1.82. The van der Waals surface area contributed by atoms with Gasteiger partial charge in [0.2, 0.25) is 0 Å². The van der Waals surface area contributed by atoms with E-state index >= 15 is 0 Å². The summed E-state index contributed by atoms with van der Waals surface area (Å²) in [5.41, 5.74) is 12.6. The summed E-state index contributed by atoms with van der Waals surface area (Å²) in [6.07, 6.45) is 0. The Morgan fingerprint density at radius 3 is 2.69 bits per heavy atom. The average molecular weight is 225 g/mol. The van der Waals surface area contributed by atoms with Crippen LogP contribution in [-0.2, 0) is 0 Å². The molecular formula is C10H16FN5. The highest BCUT2D eigenvalue weighted by Gasteiger charge is 2.09. The van der Waals surface area contributed by atoms with Crippen LogP contribution in [0, 0.1) is 12.7 Å². The first-order valence-corrected chi connectivity index (χ1v) is 4.88. The van der Waals surface area contributed by atoms with E-state index in [1.54, 1.807) is 13.8 Å². The van der Waals surface area contributed by atoms with Crippen molar-refractivity contribution in [3.05, 3.63) is 29.1 Å². The van der Waals surface area contributed by atoms with Crippen LogP contribution in [0.15, 0.2) is 17.2 Å². The molecule has 0 aliphatic rings. The lowest BCUT2D eigenvalue weighted by atomic mass is 10.1. The number of nitrogens with zero attached hydrogens (tertiary/aromatic N) is 2. The Labute approximate surface area is 93.7 Å². The van der Waals surface area contributed by atoms with Gasteiger partial charge in [0.25, 0.3) is 0 Å². The lowest BCUT2D eigenvalue weighted by Crippen LogP contribution is -2.29. The van der Waals surface area contributed by atoms with Gasteiger partial charge in [-0.15, -0.1) is 5.10 Å². The minimum absolute atomic E-state index is 0.00792. The summed E-state index contributed by atoms with van der Waals surface area (Å²) in [6, 6.07) is 2.77. The quantitative estimate of drug-likeness (QED) is 0.230. The van der Waals surface area contributed by atoms with E-state index in [4.69, 9.17) is 17.3 Å². The van der Waals surface area contributed by atoms with Gasteiger partial charge in [-0.2, -0.15) is 0 Å². The molecule has 6 heteroatoms. The van der Waals surface area contributed by atoms with Crippen LogP contribution < -0.4 is 17.3 Å². The fourth-order valence-corrected chi connectivity index (χ4v) is 1.15. The Morgan fingerprint density at radius 2 is 2.12 bits per heavy atom. The predicted octanol–water partition coefficient (Wildman–Crippen LogP) is 0.532. The Kier molecular flexibility index (Phi) is 3.68. The molecule has 0 bridgehead atoms. The second-order valence-electron chi connectivity index (χ2n) is 3.43. The Bertz CT molecular complexity index is 416. The van der Waals surface area contributed by atoms with Crippen LogP contribution in [0.4, 0.5) is 10.1 Å². The van der Waals surface area contributed by atoms with E-state index in [9.17, 15) is 4.39 Å². The van der Waals surface area contributed by atoms with E-state index in [2.05, 4.69) is 5.10 Å². The van der Waals surface area contributed by atoms with Gasteiger partial charge in [0, 0.05) is 5.69 Å². The van der Waals surface area contributed by atoms with Gasteiger partial charge in [-0.3, -0.25) is 0 Å². The number of aryl methyl sites for hydroxylation is 1. The second kappa shape index (κ2) is 4.80. The van der Waals surface area contributed by atoms with Crippen molar-refractivity contribution >= 4 is 11.5 Å². The molecule has 5 nitrogen and oxygen atoms in total. The van der Waals surface area contributed by atoms with Crippen LogP contribution >= 0.6 is 0 Å². The maximum Gasteiger partial charge on any atom is 0.155 e. The van der Waals surface area contributed by atoms with Crippen LogP contribution in [0.5, 0.6) is 0 Å². The van der Waals surface area contributed by atoms with Crippen molar-refractivity contribution in [2.75, 3.05) is 12.3 Å². The number of anilines is 1. The largest absolute Gasteiger partial charge is 0.398 e. The van der Waals surface area contributed by atoms with Crippen molar-refractivity contribution in [3.8, 4) is 0 Å². The van der Waals surface area contributed by atoms with Crippen LogP contribution in [0.3, 0.4) is 0 Å². The van der Waals surface area contributed by atoms with Crippen molar-refractivity contribution in [1.29, 1.82) is 0 Å². The molecule has 0 radical (unpaired) electrons. The monoisotopic (exact) mass is 225 g/mol. The van der Waals surface area contributed by atoms with Gasteiger partial charge in [-0.1, -0.05) is 0 Å². The standard InChI is InChI=1S/C10H16FN5/c1-3-16(14)15-10(13)7-5-9(12)6(2)4-8(7)11/h4-5H,3,12,14H2,1-2H3,(H2,13,15). The summed E-state index contributed by atoms with van der Waals surface area (Å²) in [5, 5.41) is 4.94. The molecule has 0 fully saturated rings. The summed E-state index contributed by atoms with van der Waals surface area (Å²) in [4.78, 5) is 0. The summed E-state index contributed by atoms with van der Waals surface area (Å²) in [7, 11) is 0. The molecule has 0 atom stereocenters. The number of hydrazine groups is 1. The summed E-state index contributed by atoms with van der Waals surface area (Å²) in [5.74, 6) is 4.99. The SMILES string of the molecule is CCN(N)/N=C(\N)c1cc(N)c(C)cc1F. The minimum atomic E-state index is -0.461. The first-order chi connectivity index (χ1) is 7.45. The molecule has 1 aromatic carbocycles. The predicted molar refractivity (Wildman–Crippen MR) is 62.8 cm³/mol. The van der Waals surface area contributed by atoms with E-state index in [1.807, 2.05) is 0 Å². The second-order valence-corrected chi connectivity index (χ2v) is 3.43. The lowest BCUT2D eigenvalue weighted by molar-refractivity contribution is 0.316. The van der Waals surface area contributed by atoms with Gasteiger partial charge < -0.3 is 11.5 Å². The fourth-order valence-electron chi connectivity index (χ4n) is 1.15. The van der Waals surface area contributed by atoms with Crippen LogP contribution in [0.2, 0.25) is 0 Å². The zero-order chi connectivity index (χ0) is 12.3. The van der Waals surface area contributed by atoms with Crippen molar-refractivity contribution in [2.45, 2.75) is 13.8 Å². The van der Waals surface area contributed by atoms with Gasteiger partial charge in [0.1, 0.15) is 5.82 Å². The number of hydrogen-bond donors (Lipinski definition) is 3. The molecule has 88 valence electrons. The number of halogens is 1. The third-order valence-electron chi connectivity index (χ3n) is 2.19. The number of hydrogen-bond acceptors (Lipinski definition) is 4. The molecule has 0 saturated heterocycles. The number of amidine groups is 1. The van der Waals surface area contributed by atoms with Crippen molar-refractivity contribution in [2.24, 2.45) is 16.7 Å². The number of rotatable bonds is 3. The first kappa shape index (κ1) is 12.3. The molecule has 0 spiro atoms. The van der Waals surface area contributed by atoms with E-state index in [0.29, 0.717) is 17.8 Å². The van der Waals surface area contributed by atoms with E-state index in [0.717, 1.165) is 5.12 Å². The van der Waals surface area contributed by atoms with Crippen LogP contribution in [-0.4, -0.2) is 17.5 Å². The molecule has 0 aliphatic heterocycles.